The second-order valence-corrected chi connectivity index (χ2v) is 6.91. The molecule has 4 nitrogen and oxygen atoms in total. The van der Waals surface area contributed by atoms with Crippen molar-refractivity contribution >= 4 is 9.84 Å². The van der Waals surface area contributed by atoms with Gasteiger partial charge < -0.3 is 10.1 Å². The highest BCUT2D eigenvalue weighted by Gasteiger charge is 2.27. The third-order valence-electron chi connectivity index (χ3n) is 3.26. The fourth-order valence-corrected chi connectivity index (χ4v) is 4.02. The maximum Gasteiger partial charge on any atom is 0.158 e. The Labute approximate surface area is 108 Å². The quantitative estimate of drug-likeness (QED) is 0.897. The van der Waals surface area contributed by atoms with Crippen LogP contribution in [0.4, 0.5) is 0 Å². The first-order valence-corrected chi connectivity index (χ1v) is 7.88. The number of methoxy groups -OCH3 is 1. The number of piperidine rings is 1. The fourth-order valence-electron chi connectivity index (χ4n) is 2.24. The summed E-state index contributed by atoms with van der Waals surface area (Å²) in [4.78, 5) is 0. The monoisotopic (exact) mass is 269 g/mol. The molecule has 1 fully saturated rings. The van der Waals surface area contributed by atoms with E-state index < -0.39 is 9.84 Å². The first kappa shape index (κ1) is 13.4. The van der Waals surface area contributed by atoms with Gasteiger partial charge in [-0.15, -0.1) is 0 Å². The van der Waals surface area contributed by atoms with Crippen LogP contribution in [0.3, 0.4) is 0 Å². The molecular weight excluding hydrogens is 250 g/mol. The predicted octanol–water partition coefficient (Wildman–Crippen LogP) is 1.36. The van der Waals surface area contributed by atoms with E-state index >= 15 is 0 Å². The van der Waals surface area contributed by atoms with Gasteiger partial charge >= 0.3 is 0 Å². The van der Waals surface area contributed by atoms with E-state index in [2.05, 4.69) is 5.32 Å². The van der Waals surface area contributed by atoms with Gasteiger partial charge in [0.25, 0.3) is 0 Å². The molecule has 1 saturated heterocycles. The zero-order valence-electron chi connectivity index (χ0n) is 10.6. The number of hydrogen-bond acceptors (Lipinski definition) is 4. The highest BCUT2D eigenvalue weighted by molar-refractivity contribution is 7.91. The topological polar surface area (TPSA) is 55.4 Å². The van der Waals surface area contributed by atoms with Crippen molar-refractivity contribution in [3.05, 3.63) is 29.8 Å². The Morgan fingerprint density at radius 1 is 1.44 bits per heavy atom. The van der Waals surface area contributed by atoms with Gasteiger partial charge in [0, 0.05) is 6.54 Å². The Balaban J connectivity index is 2.11. The van der Waals surface area contributed by atoms with Crippen molar-refractivity contribution in [1.29, 1.82) is 0 Å². The summed E-state index contributed by atoms with van der Waals surface area (Å²) < 4.78 is 29.7. The van der Waals surface area contributed by atoms with Crippen LogP contribution in [0.2, 0.25) is 0 Å². The van der Waals surface area contributed by atoms with Gasteiger partial charge in [-0.1, -0.05) is 12.1 Å². The van der Waals surface area contributed by atoms with E-state index in [1.807, 2.05) is 18.2 Å². The van der Waals surface area contributed by atoms with Crippen molar-refractivity contribution in [3.63, 3.8) is 0 Å². The smallest absolute Gasteiger partial charge is 0.158 e. The molecule has 1 heterocycles. The molecule has 1 N–H and O–H groups in total. The van der Waals surface area contributed by atoms with Gasteiger partial charge in [0.1, 0.15) is 5.75 Å². The molecule has 1 aromatic carbocycles. The molecule has 0 bridgehead atoms. The second-order valence-electron chi connectivity index (χ2n) is 4.63. The maximum atomic E-state index is 12.3. The van der Waals surface area contributed by atoms with Gasteiger partial charge in [-0.3, -0.25) is 0 Å². The van der Waals surface area contributed by atoms with Gasteiger partial charge in [-0.05, 0) is 37.1 Å². The van der Waals surface area contributed by atoms with Crippen molar-refractivity contribution in [1.82, 2.24) is 5.32 Å². The SMILES string of the molecule is COc1cccc(CS(=O)(=O)C2CCCNC2)c1. The van der Waals surface area contributed by atoms with E-state index in [4.69, 9.17) is 4.74 Å². The fraction of sp³-hybridized carbons (Fsp3) is 0.538. The average Bonchev–Trinajstić information content (AvgIpc) is 2.39. The molecule has 0 aromatic heterocycles. The predicted molar refractivity (Wildman–Crippen MR) is 71.5 cm³/mol. The standard InChI is InChI=1S/C13H19NO3S/c1-17-12-5-2-4-11(8-12)10-18(15,16)13-6-3-7-14-9-13/h2,4-5,8,13-14H,3,6-7,9-10H2,1H3. The third-order valence-corrected chi connectivity index (χ3v) is 5.42. The van der Waals surface area contributed by atoms with Gasteiger partial charge in [0.15, 0.2) is 9.84 Å². The zero-order chi connectivity index (χ0) is 13.0. The Morgan fingerprint density at radius 3 is 2.94 bits per heavy atom. The first-order chi connectivity index (χ1) is 8.62. The van der Waals surface area contributed by atoms with Crippen LogP contribution >= 0.6 is 0 Å². The van der Waals surface area contributed by atoms with Crippen LogP contribution in [0, 0.1) is 0 Å². The van der Waals surface area contributed by atoms with Gasteiger partial charge in [0.2, 0.25) is 0 Å². The first-order valence-electron chi connectivity index (χ1n) is 6.17. The molecule has 100 valence electrons. The molecular formula is C13H19NO3S. The third kappa shape index (κ3) is 3.23. The summed E-state index contributed by atoms with van der Waals surface area (Å²) in [5.41, 5.74) is 0.792. The summed E-state index contributed by atoms with van der Waals surface area (Å²) >= 11 is 0. The van der Waals surface area contributed by atoms with E-state index in [-0.39, 0.29) is 11.0 Å². The molecule has 0 saturated carbocycles. The Bertz CT molecular complexity index is 493. The maximum absolute atomic E-state index is 12.3. The van der Waals surface area contributed by atoms with Crippen molar-refractivity contribution in [2.75, 3.05) is 20.2 Å². The lowest BCUT2D eigenvalue weighted by Gasteiger charge is -2.22. The number of benzene rings is 1. The van der Waals surface area contributed by atoms with Crippen molar-refractivity contribution in [2.45, 2.75) is 23.8 Å². The van der Waals surface area contributed by atoms with E-state index in [1.54, 1.807) is 13.2 Å². The molecule has 1 unspecified atom stereocenters. The van der Waals surface area contributed by atoms with Crippen molar-refractivity contribution in [3.8, 4) is 5.75 Å². The van der Waals surface area contributed by atoms with Gasteiger partial charge in [-0.2, -0.15) is 0 Å². The summed E-state index contributed by atoms with van der Waals surface area (Å²) in [6.07, 6.45) is 1.70. The Hall–Kier alpha value is -1.07. The number of sulfone groups is 1. The van der Waals surface area contributed by atoms with Crippen LogP contribution < -0.4 is 10.1 Å². The van der Waals surface area contributed by atoms with Gasteiger partial charge in [0.05, 0.1) is 18.1 Å². The lowest BCUT2D eigenvalue weighted by molar-refractivity contribution is 0.414. The van der Waals surface area contributed by atoms with Crippen molar-refractivity contribution < 1.29 is 13.2 Å². The summed E-state index contributed by atoms with van der Waals surface area (Å²) in [6.45, 7) is 1.50. The minimum Gasteiger partial charge on any atom is -0.497 e. The van der Waals surface area contributed by atoms with Crippen LogP contribution in [0.1, 0.15) is 18.4 Å². The molecule has 1 aromatic rings. The lowest BCUT2D eigenvalue weighted by Crippen LogP contribution is -2.39. The number of nitrogens with one attached hydrogen (secondary N) is 1. The Kier molecular flexibility index (Phi) is 4.24. The summed E-state index contributed by atoms with van der Waals surface area (Å²) in [5.74, 6) is 0.792. The summed E-state index contributed by atoms with van der Waals surface area (Å²) in [5, 5.41) is 2.89. The molecule has 2 rings (SSSR count). The minimum absolute atomic E-state index is 0.0938. The number of rotatable bonds is 4. The molecule has 1 atom stereocenters. The van der Waals surface area contributed by atoms with Crippen LogP contribution in [0.5, 0.6) is 5.75 Å². The second kappa shape index (κ2) is 5.71. The van der Waals surface area contributed by atoms with Crippen LogP contribution in [-0.4, -0.2) is 33.9 Å². The lowest BCUT2D eigenvalue weighted by atomic mass is 10.2. The van der Waals surface area contributed by atoms with E-state index in [0.717, 1.165) is 24.9 Å². The van der Waals surface area contributed by atoms with Gasteiger partial charge in [-0.25, -0.2) is 8.42 Å². The van der Waals surface area contributed by atoms with E-state index in [1.165, 1.54) is 0 Å². The Morgan fingerprint density at radius 2 is 2.28 bits per heavy atom. The number of hydrogen-bond donors (Lipinski definition) is 1. The normalized spacial score (nSPS) is 20.6. The van der Waals surface area contributed by atoms with Crippen LogP contribution in [0.15, 0.2) is 24.3 Å². The van der Waals surface area contributed by atoms with Crippen LogP contribution in [0.25, 0.3) is 0 Å². The summed E-state index contributed by atoms with van der Waals surface area (Å²) in [7, 11) is -1.50. The molecule has 0 aliphatic carbocycles. The van der Waals surface area contributed by atoms with E-state index in [0.29, 0.717) is 12.3 Å². The zero-order valence-corrected chi connectivity index (χ0v) is 11.4. The molecule has 1 aliphatic rings. The summed E-state index contributed by atoms with van der Waals surface area (Å²) in [6, 6.07) is 7.26. The highest BCUT2D eigenvalue weighted by Crippen LogP contribution is 2.19. The molecule has 5 heteroatoms. The minimum atomic E-state index is -3.08. The van der Waals surface area contributed by atoms with Crippen LogP contribution in [-0.2, 0) is 15.6 Å². The molecule has 0 spiro atoms. The number of ether oxygens (including phenoxy) is 1. The van der Waals surface area contributed by atoms with Crippen molar-refractivity contribution in [2.24, 2.45) is 0 Å². The molecule has 0 radical (unpaired) electrons. The molecule has 18 heavy (non-hydrogen) atoms. The van der Waals surface area contributed by atoms with E-state index in [9.17, 15) is 8.42 Å². The average molecular weight is 269 g/mol. The highest BCUT2D eigenvalue weighted by atomic mass is 32.2. The molecule has 0 amide bonds. The molecule has 1 aliphatic heterocycles. The largest absolute Gasteiger partial charge is 0.497 e.